The van der Waals surface area contributed by atoms with Crippen LogP contribution < -0.4 is 0 Å². The van der Waals surface area contributed by atoms with Crippen LogP contribution in [0.25, 0.3) is 0 Å². The molecule has 1 atom stereocenters. The number of rotatable bonds is 50. The van der Waals surface area contributed by atoms with Crippen molar-refractivity contribution in [3.05, 3.63) is 109 Å². The summed E-state index contributed by atoms with van der Waals surface area (Å²) in [6.45, 7) is 6.34. The normalized spacial score (nSPS) is 12.9. The highest BCUT2D eigenvalue weighted by molar-refractivity contribution is 5.71. The van der Waals surface area contributed by atoms with E-state index >= 15 is 0 Å². The zero-order valence-electron chi connectivity index (χ0n) is 44.8. The summed E-state index contributed by atoms with van der Waals surface area (Å²) in [5.41, 5.74) is 0. The molecular formula is C63H104O6. The third-order valence-corrected chi connectivity index (χ3v) is 11.8. The largest absolute Gasteiger partial charge is 0.462 e. The third-order valence-electron chi connectivity index (χ3n) is 11.8. The smallest absolute Gasteiger partial charge is 0.306 e. The van der Waals surface area contributed by atoms with Gasteiger partial charge in [0.1, 0.15) is 13.2 Å². The Labute approximate surface area is 425 Å². The minimum atomic E-state index is -0.811. The lowest BCUT2D eigenvalue weighted by Gasteiger charge is -2.18. The van der Waals surface area contributed by atoms with Crippen molar-refractivity contribution >= 4 is 17.9 Å². The Balaban J connectivity index is 4.42. The molecule has 0 aromatic heterocycles. The molecule has 0 radical (unpaired) electrons. The molecule has 0 aliphatic heterocycles. The van der Waals surface area contributed by atoms with Crippen molar-refractivity contribution in [3.8, 4) is 0 Å². The molecule has 392 valence electrons. The van der Waals surface area contributed by atoms with Crippen molar-refractivity contribution in [3.63, 3.8) is 0 Å². The number of esters is 3. The Morgan fingerprint density at radius 2 is 0.594 bits per heavy atom. The first-order chi connectivity index (χ1) is 34.0. The molecule has 0 spiro atoms. The van der Waals surface area contributed by atoms with Gasteiger partial charge in [-0.3, -0.25) is 14.4 Å². The minimum Gasteiger partial charge on any atom is -0.462 e. The summed E-state index contributed by atoms with van der Waals surface area (Å²) in [6, 6.07) is 0. The second kappa shape index (κ2) is 56.7. The highest BCUT2D eigenvalue weighted by Gasteiger charge is 2.19. The molecule has 6 nitrogen and oxygen atoms in total. The van der Waals surface area contributed by atoms with Gasteiger partial charge in [-0.15, -0.1) is 0 Å². The first-order valence-corrected chi connectivity index (χ1v) is 28.4. The van der Waals surface area contributed by atoms with Crippen LogP contribution in [0.5, 0.6) is 0 Å². The van der Waals surface area contributed by atoms with E-state index in [1.165, 1.54) is 103 Å². The van der Waals surface area contributed by atoms with Gasteiger partial charge in [0, 0.05) is 19.3 Å². The van der Waals surface area contributed by atoms with Crippen molar-refractivity contribution in [2.45, 2.75) is 258 Å². The monoisotopic (exact) mass is 957 g/mol. The van der Waals surface area contributed by atoms with E-state index in [1.54, 1.807) is 0 Å². The van der Waals surface area contributed by atoms with Crippen LogP contribution in [0.1, 0.15) is 252 Å². The van der Waals surface area contributed by atoms with E-state index in [9.17, 15) is 14.4 Å². The zero-order valence-corrected chi connectivity index (χ0v) is 44.8. The molecule has 0 aliphatic carbocycles. The molecule has 0 N–H and O–H groups in total. The zero-order chi connectivity index (χ0) is 50.0. The Hall–Kier alpha value is -3.93. The fourth-order valence-electron chi connectivity index (χ4n) is 7.60. The maximum atomic E-state index is 12.8. The second-order valence-corrected chi connectivity index (χ2v) is 18.4. The Morgan fingerprint density at radius 3 is 0.971 bits per heavy atom. The molecule has 0 aliphatic rings. The van der Waals surface area contributed by atoms with Crippen LogP contribution in [-0.4, -0.2) is 37.2 Å². The van der Waals surface area contributed by atoms with Crippen LogP contribution in [0.3, 0.4) is 0 Å². The van der Waals surface area contributed by atoms with Gasteiger partial charge in [-0.05, 0) is 89.9 Å². The Morgan fingerprint density at radius 1 is 0.304 bits per heavy atom. The number of hydrogen-bond donors (Lipinski definition) is 0. The van der Waals surface area contributed by atoms with Gasteiger partial charge in [0.05, 0.1) is 0 Å². The lowest BCUT2D eigenvalue weighted by Crippen LogP contribution is -2.30. The van der Waals surface area contributed by atoms with E-state index in [0.717, 1.165) is 103 Å². The van der Waals surface area contributed by atoms with Crippen molar-refractivity contribution in [2.75, 3.05) is 13.2 Å². The molecular weight excluding hydrogens is 853 g/mol. The first-order valence-electron chi connectivity index (χ1n) is 28.4. The second-order valence-electron chi connectivity index (χ2n) is 18.4. The van der Waals surface area contributed by atoms with Gasteiger partial charge in [-0.25, -0.2) is 0 Å². The summed E-state index contributed by atoms with van der Waals surface area (Å²) in [7, 11) is 0. The van der Waals surface area contributed by atoms with Gasteiger partial charge in [-0.1, -0.05) is 252 Å². The number of carbonyl (C=O) groups is 3. The van der Waals surface area contributed by atoms with Crippen LogP contribution >= 0.6 is 0 Å². The van der Waals surface area contributed by atoms with Gasteiger partial charge in [0.25, 0.3) is 0 Å². The Bertz CT molecular complexity index is 1420. The van der Waals surface area contributed by atoms with E-state index in [0.29, 0.717) is 19.3 Å². The molecule has 0 bridgehead atoms. The number of unbranched alkanes of at least 4 members (excludes halogenated alkanes) is 21. The van der Waals surface area contributed by atoms with E-state index < -0.39 is 6.10 Å². The third kappa shape index (κ3) is 54.9. The fourth-order valence-corrected chi connectivity index (χ4v) is 7.60. The maximum Gasteiger partial charge on any atom is 0.306 e. The molecule has 0 heterocycles. The van der Waals surface area contributed by atoms with Crippen molar-refractivity contribution < 1.29 is 28.6 Å². The maximum absolute atomic E-state index is 12.8. The topological polar surface area (TPSA) is 78.9 Å². The minimum absolute atomic E-state index is 0.106. The van der Waals surface area contributed by atoms with Crippen molar-refractivity contribution in [1.29, 1.82) is 0 Å². The quantitative estimate of drug-likeness (QED) is 0.0262. The van der Waals surface area contributed by atoms with Gasteiger partial charge < -0.3 is 14.2 Å². The van der Waals surface area contributed by atoms with Gasteiger partial charge in [-0.2, -0.15) is 0 Å². The molecule has 0 aromatic rings. The van der Waals surface area contributed by atoms with Crippen molar-refractivity contribution in [2.24, 2.45) is 0 Å². The number of ether oxygens (including phenoxy) is 3. The molecule has 0 saturated heterocycles. The average molecular weight is 958 g/mol. The highest BCUT2D eigenvalue weighted by atomic mass is 16.6. The van der Waals surface area contributed by atoms with Crippen LogP contribution in [-0.2, 0) is 28.6 Å². The standard InChI is InChI=1S/C63H104O6/c1-4-7-10-13-16-19-22-25-27-28-29-30-31-32-33-34-36-38-41-44-47-50-53-56-62(65)68-59-60(58-67-61(64)55-52-49-46-43-40-37-24-21-18-15-12-9-6-3)69-63(66)57-54-51-48-45-42-39-35-26-23-20-17-14-11-8-5-2/h7,9-10,12,16,18-19,21,25,27,29-30,32-33,37,40,46,49,60H,4-6,8,11,13-15,17,20,22-24,26,28,31,34-36,38-39,41-45,47-48,50-59H2,1-3H3/b10-7-,12-9-,19-16-,21-18-,27-25-,30-29-,33-32-,40-37-,49-46-. The lowest BCUT2D eigenvalue weighted by atomic mass is 10.0. The van der Waals surface area contributed by atoms with Gasteiger partial charge in [0.2, 0.25) is 0 Å². The lowest BCUT2D eigenvalue weighted by molar-refractivity contribution is -0.166. The average Bonchev–Trinajstić information content (AvgIpc) is 3.35. The van der Waals surface area contributed by atoms with Crippen LogP contribution in [0.4, 0.5) is 0 Å². The van der Waals surface area contributed by atoms with E-state index in [-0.39, 0.29) is 37.5 Å². The fraction of sp³-hybridized carbons (Fsp3) is 0.667. The molecule has 69 heavy (non-hydrogen) atoms. The summed E-state index contributed by atoms with van der Waals surface area (Å²) >= 11 is 0. The summed E-state index contributed by atoms with van der Waals surface area (Å²) < 4.78 is 16.8. The summed E-state index contributed by atoms with van der Waals surface area (Å²) in [4.78, 5) is 38.1. The molecule has 6 heteroatoms. The predicted octanol–water partition coefficient (Wildman–Crippen LogP) is 19.1. The van der Waals surface area contributed by atoms with Gasteiger partial charge in [0.15, 0.2) is 6.10 Å². The first kappa shape index (κ1) is 65.1. The van der Waals surface area contributed by atoms with Crippen LogP contribution in [0, 0.1) is 0 Å². The molecule has 0 fully saturated rings. The molecule has 0 aromatic carbocycles. The number of allylic oxidation sites excluding steroid dienone is 18. The SMILES string of the molecule is CC/C=C\C/C=C\C/C=C\C/C=C\C/C=C\CCCCCCCCCC(=O)OCC(COC(=O)CC/C=C\C/C=C\C/C=C\C/C=C\CC)OC(=O)CCCCCCCCCCCCCCCCC. The van der Waals surface area contributed by atoms with Crippen LogP contribution in [0.2, 0.25) is 0 Å². The van der Waals surface area contributed by atoms with E-state index in [4.69, 9.17) is 14.2 Å². The number of carbonyl (C=O) groups excluding carboxylic acids is 3. The summed E-state index contributed by atoms with van der Waals surface area (Å²) in [6.07, 6.45) is 76.6. The summed E-state index contributed by atoms with van der Waals surface area (Å²) in [5.74, 6) is -0.998. The molecule has 0 rings (SSSR count). The molecule has 0 saturated carbocycles. The van der Waals surface area contributed by atoms with Crippen LogP contribution in [0.15, 0.2) is 109 Å². The molecule has 1 unspecified atom stereocenters. The van der Waals surface area contributed by atoms with Gasteiger partial charge >= 0.3 is 17.9 Å². The Kier molecular flexibility index (Phi) is 53.4. The highest BCUT2D eigenvalue weighted by Crippen LogP contribution is 2.15. The predicted molar refractivity (Wildman–Crippen MR) is 297 cm³/mol. The summed E-state index contributed by atoms with van der Waals surface area (Å²) in [5, 5.41) is 0. The van der Waals surface area contributed by atoms with E-state index in [2.05, 4.69) is 124 Å². The van der Waals surface area contributed by atoms with E-state index in [1.807, 2.05) is 6.08 Å². The molecule has 0 amide bonds. The number of hydrogen-bond acceptors (Lipinski definition) is 6. The van der Waals surface area contributed by atoms with Crippen molar-refractivity contribution in [1.82, 2.24) is 0 Å².